The van der Waals surface area contributed by atoms with E-state index in [-0.39, 0.29) is 23.7 Å². The van der Waals surface area contributed by atoms with Crippen LogP contribution in [0.4, 0.5) is 15.8 Å². The van der Waals surface area contributed by atoms with Crippen LogP contribution in [-0.2, 0) is 4.79 Å². The molecule has 1 heterocycles. The Kier molecular flexibility index (Phi) is 4.95. The summed E-state index contributed by atoms with van der Waals surface area (Å²) in [5.74, 6) is -0.258. The quantitative estimate of drug-likeness (QED) is 0.794. The lowest BCUT2D eigenvalue weighted by Crippen LogP contribution is -2.34. The highest BCUT2D eigenvalue weighted by Gasteiger charge is 2.21. The first-order valence-corrected chi connectivity index (χ1v) is 7.14. The van der Waals surface area contributed by atoms with E-state index in [2.05, 4.69) is 16.0 Å². The summed E-state index contributed by atoms with van der Waals surface area (Å²) < 4.78 is 13.3. The Morgan fingerprint density at radius 1 is 1.30 bits per heavy atom. The van der Waals surface area contributed by atoms with E-state index in [0.717, 1.165) is 25.9 Å². The molecule has 1 aromatic rings. The first-order valence-electron chi connectivity index (χ1n) is 7.14. The van der Waals surface area contributed by atoms with Gasteiger partial charge in [0, 0.05) is 12.0 Å². The van der Waals surface area contributed by atoms with E-state index in [9.17, 15) is 9.18 Å². The molecule has 0 radical (unpaired) electrons. The van der Waals surface area contributed by atoms with Crippen molar-refractivity contribution in [2.24, 2.45) is 5.92 Å². The third kappa shape index (κ3) is 3.93. The highest BCUT2D eigenvalue weighted by atomic mass is 19.1. The van der Waals surface area contributed by atoms with Crippen LogP contribution in [0.2, 0.25) is 0 Å². The molecule has 4 nitrogen and oxygen atoms in total. The largest absolute Gasteiger partial charge is 0.381 e. The molecule has 0 unspecified atom stereocenters. The minimum atomic E-state index is -0.312. The maximum Gasteiger partial charge on any atom is 0.227 e. The second kappa shape index (κ2) is 6.70. The number of halogens is 1. The van der Waals surface area contributed by atoms with Gasteiger partial charge in [-0.15, -0.1) is 0 Å². The lowest BCUT2D eigenvalue weighted by molar-refractivity contribution is -0.120. The Morgan fingerprint density at radius 3 is 2.65 bits per heavy atom. The van der Waals surface area contributed by atoms with E-state index in [1.54, 1.807) is 6.07 Å². The van der Waals surface area contributed by atoms with Crippen LogP contribution in [0.5, 0.6) is 0 Å². The Bertz CT molecular complexity index is 470. The summed E-state index contributed by atoms with van der Waals surface area (Å²) in [6.07, 6.45) is 1.69. The second-order valence-corrected chi connectivity index (χ2v) is 5.50. The number of benzene rings is 1. The van der Waals surface area contributed by atoms with Gasteiger partial charge in [0.2, 0.25) is 5.91 Å². The van der Waals surface area contributed by atoms with Crippen LogP contribution < -0.4 is 16.0 Å². The molecule has 1 amide bonds. The monoisotopic (exact) mass is 279 g/mol. The maximum atomic E-state index is 13.3. The fourth-order valence-corrected chi connectivity index (χ4v) is 2.37. The van der Waals surface area contributed by atoms with Crippen LogP contribution in [0.1, 0.15) is 26.7 Å². The van der Waals surface area contributed by atoms with Gasteiger partial charge in [-0.3, -0.25) is 4.79 Å². The summed E-state index contributed by atoms with van der Waals surface area (Å²) in [5.41, 5.74) is 1.27. The van der Waals surface area contributed by atoms with Crippen molar-refractivity contribution < 1.29 is 9.18 Å². The van der Waals surface area contributed by atoms with Crippen molar-refractivity contribution in [2.75, 3.05) is 23.7 Å². The van der Waals surface area contributed by atoms with Crippen molar-refractivity contribution in [2.45, 2.75) is 32.7 Å². The number of carbonyl (C=O) groups is 1. The zero-order chi connectivity index (χ0) is 14.5. The number of rotatable bonds is 4. The number of hydrogen-bond acceptors (Lipinski definition) is 3. The first kappa shape index (κ1) is 14.8. The van der Waals surface area contributed by atoms with Gasteiger partial charge in [-0.25, -0.2) is 4.39 Å². The Morgan fingerprint density at radius 2 is 2.00 bits per heavy atom. The minimum Gasteiger partial charge on any atom is -0.381 e. The van der Waals surface area contributed by atoms with Crippen LogP contribution in [0.15, 0.2) is 18.2 Å². The molecule has 2 rings (SSSR count). The molecule has 20 heavy (non-hydrogen) atoms. The minimum absolute atomic E-state index is 0.0184. The van der Waals surface area contributed by atoms with Gasteiger partial charge >= 0.3 is 0 Å². The summed E-state index contributed by atoms with van der Waals surface area (Å²) in [5, 5.41) is 9.31. The highest BCUT2D eigenvalue weighted by Crippen LogP contribution is 2.25. The van der Waals surface area contributed by atoms with Crippen molar-refractivity contribution in [3.05, 3.63) is 24.0 Å². The standard InChI is InChI=1S/C15H22FN3O/c1-10(2)18-14-9-12(16)3-4-13(14)19-15(20)11-5-7-17-8-6-11/h3-4,9-11,17-18H,5-8H2,1-2H3,(H,19,20). The normalized spacial score (nSPS) is 16.2. The molecule has 0 saturated carbocycles. The molecule has 110 valence electrons. The van der Waals surface area contributed by atoms with E-state index in [1.165, 1.54) is 12.1 Å². The SMILES string of the molecule is CC(C)Nc1cc(F)ccc1NC(=O)C1CCNCC1. The summed E-state index contributed by atoms with van der Waals surface area (Å²) in [4.78, 5) is 12.2. The van der Waals surface area contributed by atoms with Gasteiger partial charge in [0.1, 0.15) is 5.82 Å². The number of amides is 1. The van der Waals surface area contributed by atoms with E-state index >= 15 is 0 Å². The first-order chi connectivity index (χ1) is 9.56. The number of anilines is 2. The zero-order valence-electron chi connectivity index (χ0n) is 12.0. The summed E-state index contributed by atoms with van der Waals surface area (Å²) in [7, 11) is 0. The number of carbonyl (C=O) groups excluding carboxylic acids is 1. The highest BCUT2D eigenvalue weighted by molar-refractivity contribution is 5.95. The van der Waals surface area contributed by atoms with Crippen LogP contribution in [0, 0.1) is 11.7 Å². The molecular formula is C15H22FN3O. The van der Waals surface area contributed by atoms with Gasteiger partial charge in [0.05, 0.1) is 11.4 Å². The van der Waals surface area contributed by atoms with Crippen molar-refractivity contribution >= 4 is 17.3 Å². The number of piperidine rings is 1. The zero-order valence-corrected chi connectivity index (χ0v) is 12.0. The Hall–Kier alpha value is -1.62. The molecule has 1 aliphatic rings. The molecule has 1 aromatic carbocycles. The van der Waals surface area contributed by atoms with Gasteiger partial charge in [-0.2, -0.15) is 0 Å². The summed E-state index contributed by atoms with van der Waals surface area (Å²) in [6.45, 7) is 5.70. The van der Waals surface area contributed by atoms with Crippen LogP contribution in [0.3, 0.4) is 0 Å². The number of nitrogens with one attached hydrogen (secondary N) is 3. The van der Waals surface area contributed by atoms with Crippen molar-refractivity contribution in [1.82, 2.24) is 5.32 Å². The van der Waals surface area contributed by atoms with Gasteiger partial charge in [-0.05, 0) is 58.0 Å². The van der Waals surface area contributed by atoms with E-state index in [1.807, 2.05) is 13.8 Å². The average molecular weight is 279 g/mol. The molecule has 0 aliphatic carbocycles. The van der Waals surface area contributed by atoms with Gasteiger partial charge in [-0.1, -0.05) is 0 Å². The fourth-order valence-electron chi connectivity index (χ4n) is 2.37. The van der Waals surface area contributed by atoms with Crippen molar-refractivity contribution in [1.29, 1.82) is 0 Å². The third-order valence-corrected chi connectivity index (χ3v) is 3.39. The lowest BCUT2D eigenvalue weighted by atomic mass is 9.97. The molecule has 1 fully saturated rings. The van der Waals surface area contributed by atoms with E-state index < -0.39 is 0 Å². The average Bonchev–Trinajstić information content (AvgIpc) is 2.42. The molecular weight excluding hydrogens is 257 g/mol. The van der Waals surface area contributed by atoms with Crippen LogP contribution >= 0.6 is 0 Å². The summed E-state index contributed by atoms with van der Waals surface area (Å²) >= 11 is 0. The molecule has 1 aliphatic heterocycles. The van der Waals surface area contributed by atoms with Gasteiger partial charge < -0.3 is 16.0 Å². The smallest absolute Gasteiger partial charge is 0.227 e. The molecule has 0 atom stereocenters. The molecule has 0 bridgehead atoms. The molecule has 0 aromatic heterocycles. The maximum absolute atomic E-state index is 13.3. The van der Waals surface area contributed by atoms with Gasteiger partial charge in [0.25, 0.3) is 0 Å². The van der Waals surface area contributed by atoms with E-state index in [0.29, 0.717) is 11.4 Å². The fraction of sp³-hybridized carbons (Fsp3) is 0.533. The molecule has 3 N–H and O–H groups in total. The Labute approximate surface area is 119 Å². The van der Waals surface area contributed by atoms with Crippen molar-refractivity contribution in [3.8, 4) is 0 Å². The number of hydrogen-bond donors (Lipinski definition) is 3. The van der Waals surface area contributed by atoms with Crippen molar-refractivity contribution in [3.63, 3.8) is 0 Å². The molecule has 5 heteroatoms. The predicted molar refractivity (Wildman–Crippen MR) is 79.4 cm³/mol. The molecule has 1 saturated heterocycles. The lowest BCUT2D eigenvalue weighted by Gasteiger charge is -2.23. The van der Waals surface area contributed by atoms with Crippen LogP contribution in [0.25, 0.3) is 0 Å². The van der Waals surface area contributed by atoms with Crippen LogP contribution in [-0.4, -0.2) is 25.0 Å². The predicted octanol–water partition coefficient (Wildman–Crippen LogP) is 2.58. The molecule has 0 spiro atoms. The topological polar surface area (TPSA) is 53.2 Å². The summed E-state index contributed by atoms with van der Waals surface area (Å²) in [6, 6.07) is 4.56. The third-order valence-electron chi connectivity index (χ3n) is 3.39. The van der Waals surface area contributed by atoms with E-state index in [4.69, 9.17) is 0 Å². The van der Waals surface area contributed by atoms with Gasteiger partial charge in [0.15, 0.2) is 0 Å². The second-order valence-electron chi connectivity index (χ2n) is 5.50. The Balaban J connectivity index is 2.09.